The van der Waals surface area contributed by atoms with Gasteiger partial charge in [0, 0.05) is 26.3 Å². The molecule has 0 aliphatic rings. The van der Waals surface area contributed by atoms with Crippen LogP contribution in [0.5, 0.6) is 0 Å². The van der Waals surface area contributed by atoms with Gasteiger partial charge >= 0.3 is 5.97 Å². The molecule has 126 valence electrons. The summed E-state index contributed by atoms with van der Waals surface area (Å²) in [6, 6.07) is 12.7. The van der Waals surface area contributed by atoms with Crippen molar-refractivity contribution in [3.8, 4) is 0 Å². The van der Waals surface area contributed by atoms with Crippen molar-refractivity contribution >= 4 is 17.6 Å². The number of halogens is 1. The Hall–Kier alpha value is -2.89. The highest BCUT2D eigenvalue weighted by Gasteiger charge is 2.11. The molecule has 0 fully saturated rings. The van der Waals surface area contributed by atoms with E-state index in [1.165, 1.54) is 12.1 Å². The number of amides is 1. The third kappa shape index (κ3) is 5.08. The number of carbonyl (C=O) groups is 2. The number of esters is 1. The minimum absolute atomic E-state index is 0.243. The van der Waals surface area contributed by atoms with Crippen molar-refractivity contribution in [2.24, 2.45) is 0 Å². The van der Waals surface area contributed by atoms with E-state index in [-0.39, 0.29) is 19.0 Å². The van der Waals surface area contributed by atoms with E-state index < -0.39 is 11.9 Å². The number of nitrogens with one attached hydrogen (secondary N) is 1. The molecule has 0 saturated carbocycles. The molecule has 1 amide bonds. The Morgan fingerprint density at radius 2 is 1.83 bits per heavy atom. The summed E-state index contributed by atoms with van der Waals surface area (Å²) in [6.45, 7) is -0.126. The lowest BCUT2D eigenvalue weighted by Crippen LogP contribution is -2.28. The first-order valence-corrected chi connectivity index (χ1v) is 7.41. The second-order valence-electron chi connectivity index (χ2n) is 5.42. The number of anilines is 1. The van der Waals surface area contributed by atoms with Gasteiger partial charge in [-0.1, -0.05) is 18.2 Å². The number of carbonyl (C=O) groups excluding carboxylic acids is 2. The Balaban J connectivity index is 1.81. The normalized spacial score (nSPS) is 10.1. The second-order valence-corrected chi connectivity index (χ2v) is 5.42. The number of ether oxygens (including phenoxy) is 1. The molecule has 0 unspecified atom stereocenters. The Morgan fingerprint density at radius 3 is 2.50 bits per heavy atom. The van der Waals surface area contributed by atoms with Gasteiger partial charge in [-0.25, -0.2) is 9.18 Å². The van der Waals surface area contributed by atoms with Gasteiger partial charge < -0.3 is 15.0 Å². The minimum Gasteiger partial charge on any atom is -0.452 e. The molecule has 0 spiro atoms. The number of rotatable bonds is 6. The van der Waals surface area contributed by atoms with E-state index in [4.69, 9.17) is 4.74 Å². The smallest absolute Gasteiger partial charge is 0.338 e. The van der Waals surface area contributed by atoms with Gasteiger partial charge in [0.15, 0.2) is 6.61 Å². The maximum absolute atomic E-state index is 12.8. The standard InChI is InChI=1S/C18H19FN2O3/c1-21(2)16-5-3-4-14(10-16)18(23)24-12-17(22)20-11-13-6-8-15(19)9-7-13/h3-10H,11-12H2,1-2H3,(H,20,22). The van der Waals surface area contributed by atoms with Crippen LogP contribution in [-0.2, 0) is 16.1 Å². The first-order chi connectivity index (χ1) is 11.5. The zero-order valence-corrected chi connectivity index (χ0v) is 13.6. The van der Waals surface area contributed by atoms with Crippen molar-refractivity contribution < 1.29 is 18.7 Å². The third-order valence-corrected chi connectivity index (χ3v) is 3.34. The van der Waals surface area contributed by atoms with Crippen LogP contribution in [0, 0.1) is 5.82 Å². The average Bonchev–Trinajstić information content (AvgIpc) is 2.59. The molecule has 0 radical (unpaired) electrons. The van der Waals surface area contributed by atoms with Gasteiger partial charge in [0.1, 0.15) is 5.82 Å². The molecular weight excluding hydrogens is 311 g/mol. The van der Waals surface area contributed by atoms with Crippen molar-refractivity contribution in [2.75, 3.05) is 25.6 Å². The van der Waals surface area contributed by atoms with E-state index in [0.29, 0.717) is 5.56 Å². The molecule has 5 nitrogen and oxygen atoms in total. The molecule has 0 saturated heterocycles. The van der Waals surface area contributed by atoms with E-state index in [9.17, 15) is 14.0 Å². The Labute approximate surface area is 140 Å². The van der Waals surface area contributed by atoms with Gasteiger partial charge in [-0.3, -0.25) is 4.79 Å². The summed E-state index contributed by atoms with van der Waals surface area (Å²) in [4.78, 5) is 25.6. The summed E-state index contributed by atoms with van der Waals surface area (Å²) in [5.41, 5.74) is 2.01. The second kappa shape index (κ2) is 8.10. The molecule has 0 aliphatic heterocycles. The average molecular weight is 330 g/mol. The van der Waals surface area contributed by atoms with Crippen molar-refractivity contribution in [1.29, 1.82) is 0 Å². The van der Waals surface area contributed by atoms with Gasteiger partial charge in [-0.2, -0.15) is 0 Å². The molecule has 1 N–H and O–H groups in total. The molecule has 24 heavy (non-hydrogen) atoms. The predicted octanol–water partition coefficient (Wildman–Crippen LogP) is 2.36. The zero-order chi connectivity index (χ0) is 17.5. The fraction of sp³-hybridized carbons (Fsp3) is 0.222. The Kier molecular flexibility index (Phi) is 5.89. The Bertz CT molecular complexity index is 714. The maximum atomic E-state index is 12.8. The largest absolute Gasteiger partial charge is 0.452 e. The van der Waals surface area contributed by atoms with Crippen LogP contribution in [0.4, 0.5) is 10.1 Å². The van der Waals surface area contributed by atoms with E-state index >= 15 is 0 Å². The van der Waals surface area contributed by atoms with Crippen LogP contribution in [0.25, 0.3) is 0 Å². The highest BCUT2D eigenvalue weighted by Crippen LogP contribution is 2.14. The molecule has 2 rings (SSSR count). The molecule has 2 aromatic rings. The van der Waals surface area contributed by atoms with Crippen LogP contribution in [0.15, 0.2) is 48.5 Å². The molecule has 0 heterocycles. The van der Waals surface area contributed by atoms with Gasteiger partial charge in [-0.05, 0) is 35.9 Å². The summed E-state index contributed by atoms with van der Waals surface area (Å²) < 4.78 is 17.8. The van der Waals surface area contributed by atoms with Gasteiger partial charge in [0.05, 0.1) is 5.56 Å². The molecular formula is C18H19FN2O3. The summed E-state index contributed by atoms with van der Waals surface area (Å²) in [6.07, 6.45) is 0. The fourth-order valence-corrected chi connectivity index (χ4v) is 1.98. The number of benzene rings is 2. The molecule has 2 aromatic carbocycles. The van der Waals surface area contributed by atoms with Crippen molar-refractivity contribution in [2.45, 2.75) is 6.54 Å². The summed E-state index contributed by atoms with van der Waals surface area (Å²) in [5, 5.41) is 2.61. The van der Waals surface area contributed by atoms with E-state index in [2.05, 4.69) is 5.32 Å². The Morgan fingerprint density at radius 1 is 1.12 bits per heavy atom. The maximum Gasteiger partial charge on any atom is 0.338 e. The molecule has 0 atom stereocenters. The molecule has 6 heteroatoms. The van der Waals surface area contributed by atoms with E-state index in [1.807, 2.05) is 25.1 Å². The highest BCUT2D eigenvalue weighted by molar-refractivity contribution is 5.92. The number of hydrogen-bond donors (Lipinski definition) is 1. The van der Waals surface area contributed by atoms with Crippen LogP contribution in [0.3, 0.4) is 0 Å². The quantitative estimate of drug-likeness (QED) is 0.826. The minimum atomic E-state index is -0.560. The fourth-order valence-electron chi connectivity index (χ4n) is 1.98. The summed E-state index contributed by atoms with van der Waals surface area (Å²) in [7, 11) is 3.74. The van der Waals surface area contributed by atoms with Crippen molar-refractivity contribution in [3.05, 3.63) is 65.5 Å². The van der Waals surface area contributed by atoms with Crippen LogP contribution < -0.4 is 10.2 Å². The lowest BCUT2D eigenvalue weighted by atomic mass is 10.2. The first-order valence-electron chi connectivity index (χ1n) is 7.41. The number of nitrogens with zero attached hydrogens (tertiary/aromatic N) is 1. The van der Waals surface area contributed by atoms with Gasteiger partial charge in [-0.15, -0.1) is 0 Å². The van der Waals surface area contributed by atoms with E-state index in [0.717, 1.165) is 11.3 Å². The molecule has 0 bridgehead atoms. The number of hydrogen-bond acceptors (Lipinski definition) is 4. The summed E-state index contributed by atoms with van der Waals surface area (Å²) >= 11 is 0. The lowest BCUT2D eigenvalue weighted by molar-refractivity contribution is -0.124. The summed E-state index contributed by atoms with van der Waals surface area (Å²) in [5.74, 6) is -1.31. The van der Waals surface area contributed by atoms with Gasteiger partial charge in [0.2, 0.25) is 0 Å². The third-order valence-electron chi connectivity index (χ3n) is 3.34. The lowest BCUT2D eigenvalue weighted by Gasteiger charge is -2.13. The van der Waals surface area contributed by atoms with Crippen LogP contribution >= 0.6 is 0 Å². The topological polar surface area (TPSA) is 58.6 Å². The predicted molar refractivity (Wildman–Crippen MR) is 89.3 cm³/mol. The van der Waals surface area contributed by atoms with E-state index in [1.54, 1.807) is 30.3 Å². The van der Waals surface area contributed by atoms with Gasteiger partial charge in [0.25, 0.3) is 5.91 Å². The SMILES string of the molecule is CN(C)c1cccc(C(=O)OCC(=O)NCc2ccc(F)cc2)c1. The highest BCUT2D eigenvalue weighted by atomic mass is 19.1. The van der Waals surface area contributed by atoms with Crippen LogP contribution in [-0.4, -0.2) is 32.6 Å². The van der Waals surface area contributed by atoms with Crippen molar-refractivity contribution in [1.82, 2.24) is 5.32 Å². The zero-order valence-electron chi connectivity index (χ0n) is 13.6. The molecule has 0 aromatic heterocycles. The van der Waals surface area contributed by atoms with Crippen molar-refractivity contribution in [3.63, 3.8) is 0 Å². The van der Waals surface area contributed by atoms with Crippen LogP contribution in [0.1, 0.15) is 15.9 Å². The molecule has 0 aliphatic carbocycles. The van der Waals surface area contributed by atoms with Crippen LogP contribution in [0.2, 0.25) is 0 Å². The monoisotopic (exact) mass is 330 g/mol. The first kappa shape index (κ1) is 17.5.